The van der Waals surface area contributed by atoms with Gasteiger partial charge in [0, 0.05) is 7.05 Å². The van der Waals surface area contributed by atoms with Gasteiger partial charge in [0.05, 0.1) is 22.4 Å². The fourth-order valence-electron chi connectivity index (χ4n) is 1.68. The van der Waals surface area contributed by atoms with E-state index >= 15 is 0 Å². The van der Waals surface area contributed by atoms with Crippen molar-refractivity contribution in [2.75, 3.05) is 0 Å². The molecule has 2 rings (SSSR count). The molecule has 0 atom stereocenters. The quantitative estimate of drug-likeness (QED) is 0.478. The van der Waals surface area contributed by atoms with Crippen LogP contribution >= 0.6 is 0 Å². The first-order chi connectivity index (χ1) is 10.4. The maximum atomic E-state index is 13.6. The van der Waals surface area contributed by atoms with Crippen molar-refractivity contribution in [3.8, 4) is 0 Å². The maximum Gasteiger partial charge on any atom is 0.307 e. The number of aryl methyl sites for hydroxylation is 2. The Labute approximate surface area is 123 Å². The molecule has 0 aliphatic rings. The number of rotatable bonds is 5. The van der Waals surface area contributed by atoms with Crippen LogP contribution in [0.15, 0.2) is 17.5 Å². The zero-order valence-corrected chi connectivity index (χ0v) is 11.7. The number of nitro groups is 1. The first-order valence-corrected chi connectivity index (χ1v) is 6.06. The van der Waals surface area contributed by atoms with E-state index < -0.39 is 16.8 Å². The molecule has 0 radical (unpaired) electrons. The van der Waals surface area contributed by atoms with Gasteiger partial charge >= 0.3 is 5.69 Å². The van der Waals surface area contributed by atoms with Crippen molar-refractivity contribution in [2.24, 2.45) is 12.1 Å². The first-order valence-electron chi connectivity index (χ1n) is 6.06. The van der Waals surface area contributed by atoms with Crippen LogP contribution < -0.4 is 5.43 Å². The Morgan fingerprint density at radius 3 is 2.91 bits per heavy atom. The van der Waals surface area contributed by atoms with Crippen molar-refractivity contribution in [1.82, 2.24) is 25.0 Å². The average Bonchev–Trinajstić information content (AvgIpc) is 2.99. The van der Waals surface area contributed by atoms with Crippen LogP contribution in [0.5, 0.6) is 0 Å². The monoisotopic (exact) mass is 309 g/mol. The molecule has 0 spiro atoms. The molecule has 0 saturated carbocycles. The van der Waals surface area contributed by atoms with Gasteiger partial charge in [0.1, 0.15) is 18.9 Å². The van der Waals surface area contributed by atoms with Crippen LogP contribution in [0.2, 0.25) is 0 Å². The summed E-state index contributed by atoms with van der Waals surface area (Å²) in [7, 11) is 1.45. The lowest BCUT2D eigenvalue weighted by Crippen LogP contribution is -2.23. The molecule has 0 aromatic carbocycles. The van der Waals surface area contributed by atoms with Gasteiger partial charge in [0.25, 0.3) is 5.91 Å². The van der Waals surface area contributed by atoms with E-state index in [9.17, 15) is 19.3 Å². The highest BCUT2D eigenvalue weighted by atomic mass is 19.1. The normalized spacial score (nSPS) is 11.0. The minimum absolute atomic E-state index is 0.164. The highest BCUT2D eigenvalue weighted by molar-refractivity contribution is 5.83. The Bertz CT molecular complexity index is 749. The molecule has 22 heavy (non-hydrogen) atoms. The van der Waals surface area contributed by atoms with Crippen molar-refractivity contribution < 1.29 is 14.1 Å². The minimum atomic E-state index is -0.618. The molecule has 10 nitrogen and oxygen atoms in total. The number of hydrogen-bond donors (Lipinski definition) is 1. The second-order valence-corrected chi connectivity index (χ2v) is 4.36. The predicted octanol–water partition coefficient (Wildman–Crippen LogP) is 0.123. The maximum absolute atomic E-state index is 13.6. The summed E-state index contributed by atoms with van der Waals surface area (Å²) in [5.74, 6) is -1.13. The van der Waals surface area contributed by atoms with E-state index in [1.807, 2.05) is 0 Å². The molecule has 11 heteroatoms. The van der Waals surface area contributed by atoms with Crippen molar-refractivity contribution in [3.05, 3.63) is 39.7 Å². The van der Waals surface area contributed by atoms with Gasteiger partial charge in [-0.25, -0.2) is 10.1 Å². The fourth-order valence-corrected chi connectivity index (χ4v) is 1.68. The summed E-state index contributed by atoms with van der Waals surface area (Å²) in [5, 5.41) is 21.6. The summed E-state index contributed by atoms with van der Waals surface area (Å²) < 4.78 is 15.7. The van der Waals surface area contributed by atoms with E-state index in [1.165, 1.54) is 7.05 Å². The molecule has 2 aromatic heterocycles. The standard InChI is InChI=1S/C11H12FN7O3/c1-7-9(11(12)17(2)16-7)4-13-15-10(20)6-18-5-8(3-14-18)19(21)22/h3-5H,6H2,1-2H3,(H,15,20)/b13-4-. The highest BCUT2D eigenvalue weighted by Crippen LogP contribution is 2.08. The summed E-state index contributed by atoms with van der Waals surface area (Å²) in [6.45, 7) is 1.36. The summed E-state index contributed by atoms with van der Waals surface area (Å²) in [6.07, 6.45) is 3.29. The van der Waals surface area contributed by atoms with Crippen molar-refractivity contribution in [1.29, 1.82) is 0 Å². The van der Waals surface area contributed by atoms with E-state index in [4.69, 9.17) is 0 Å². The Hall–Kier alpha value is -3.11. The van der Waals surface area contributed by atoms with Gasteiger partial charge in [-0.1, -0.05) is 0 Å². The number of amides is 1. The molecule has 0 aliphatic heterocycles. The Morgan fingerprint density at radius 2 is 2.36 bits per heavy atom. The van der Waals surface area contributed by atoms with Crippen LogP contribution in [0, 0.1) is 23.0 Å². The van der Waals surface area contributed by atoms with E-state index in [0.717, 1.165) is 28.0 Å². The third-order valence-electron chi connectivity index (χ3n) is 2.72. The van der Waals surface area contributed by atoms with Crippen LogP contribution in [0.3, 0.4) is 0 Å². The Morgan fingerprint density at radius 1 is 1.64 bits per heavy atom. The molecule has 1 N–H and O–H groups in total. The van der Waals surface area contributed by atoms with Crippen LogP contribution in [-0.2, 0) is 18.4 Å². The number of nitrogens with one attached hydrogen (secondary N) is 1. The molecule has 2 aromatic rings. The molecule has 2 heterocycles. The molecular weight excluding hydrogens is 297 g/mol. The van der Waals surface area contributed by atoms with Gasteiger partial charge in [-0.05, 0) is 6.92 Å². The molecule has 0 bridgehead atoms. The molecule has 0 unspecified atom stereocenters. The molecule has 116 valence electrons. The number of carbonyl (C=O) groups is 1. The zero-order valence-electron chi connectivity index (χ0n) is 11.7. The second kappa shape index (κ2) is 6.11. The van der Waals surface area contributed by atoms with Crippen LogP contribution in [0.4, 0.5) is 10.1 Å². The highest BCUT2D eigenvalue weighted by Gasteiger charge is 2.12. The lowest BCUT2D eigenvalue weighted by molar-refractivity contribution is -0.385. The topological polar surface area (TPSA) is 120 Å². The van der Waals surface area contributed by atoms with Gasteiger partial charge in [-0.15, -0.1) is 0 Å². The lowest BCUT2D eigenvalue weighted by atomic mass is 10.3. The number of aromatic nitrogens is 4. The Kier molecular flexibility index (Phi) is 4.25. The molecular formula is C11H12FN7O3. The summed E-state index contributed by atoms with van der Waals surface area (Å²) in [6, 6.07) is 0. The lowest BCUT2D eigenvalue weighted by Gasteiger charge is -1.99. The summed E-state index contributed by atoms with van der Waals surface area (Å²) >= 11 is 0. The van der Waals surface area contributed by atoms with Gasteiger partial charge in [-0.2, -0.15) is 19.7 Å². The fraction of sp³-hybridized carbons (Fsp3) is 0.273. The van der Waals surface area contributed by atoms with Gasteiger partial charge in [0.15, 0.2) is 0 Å². The van der Waals surface area contributed by atoms with Gasteiger partial charge in [0.2, 0.25) is 5.95 Å². The molecule has 0 aliphatic carbocycles. The number of carbonyl (C=O) groups excluding carboxylic acids is 1. The molecule has 1 amide bonds. The number of hydrazone groups is 1. The number of halogens is 1. The van der Waals surface area contributed by atoms with Crippen LogP contribution in [-0.4, -0.2) is 36.6 Å². The minimum Gasteiger partial charge on any atom is -0.271 e. The Balaban J connectivity index is 1.94. The predicted molar refractivity (Wildman–Crippen MR) is 72.5 cm³/mol. The third kappa shape index (κ3) is 3.31. The van der Waals surface area contributed by atoms with E-state index in [0.29, 0.717) is 5.69 Å². The second-order valence-electron chi connectivity index (χ2n) is 4.36. The van der Waals surface area contributed by atoms with Gasteiger partial charge in [-0.3, -0.25) is 19.6 Å². The zero-order chi connectivity index (χ0) is 16.3. The number of nitrogens with zero attached hydrogens (tertiary/aromatic N) is 6. The average molecular weight is 309 g/mol. The summed E-state index contributed by atoms with van der Waals surface area (Å²) in [5.41, 5.74) is 2.56. The van der Waals surface area contributed by atoms with Crippen molar-refractivity contribution in [3.63, 3.8) is 0 Å². The SMILES string of the molecule is Cc1nn(C)c(F)c1/C=N\NC(=O)Cn1cc([N+](=O)[O-])cn1. The van der Waals surface area contributed by atoms with Gasteiger partial charge < -0.3 is 0 Å². The molecule has 0 saturated heterocycles. The summed E-state index contributed by atoms with van der Waals surface area (Å²) in [4.78, 5) is 21.4. The van der Waals surface area contributed by atoms with Crippen molar-refractivity contribution >= 4 is 17.8 Å². The largest absolute Gasteiger partial charge is 0.307 e. The van der Waals surface area contributed by atoms with Crippen LogP contribution in [0.25, 0.3) is 0 Å². The van der Waals surface area contributed by atoms with E-state index in [2.05, 4.69) is 20.7 Å². The van der Waals surface area contributed by atoms with E-state index in [1.54, 1.807) is 6.92 Å². The van der Waals surface area contributed by atoms with Crippen LogP contribution in [0.1, 0.15) is 11.3 Å². The number of hydrogen-bond acceptors (Lipinski definition) is 6. The molecule has 0 fully saturated rings. The smallest absolute Gasteiger partial charge is 0.271 e. The van der Waals surface area contributed by atoms with Crippen molar-refractivity contribution in [2.45, 2.75) is 13.5 Å². The van der Waals surface area contributed by atoms with E-state index in [-0.39, 0.29) is 17.8 Å². The third-order valence-corrected chi connectivity index (χ3v) is 2.72. The first kappa shape index (κ1) is 15.3.